The Morgan fingerprint density at radius 2 is 1.68 bits per heavy atom. The van der Waals surface area contributed by atoms with Crippen LogP contribution in [0.5, 0.6) is 0 Å². The molecule has 3 amide bonds. The number of imide groups is 1. The van der Waals surface area contributed by atoms with Crippen molar-refractivity contribution in [1.82, 2.24) is 10.2 Å². The fourth-order valence-electron chi connectivity index (χ4n) is 4.74. The molecule has 2 aromatic carbocycles. The second-order valence-electron chi connectivity index (χ2n) is 8.64. The van der Waals surface area contributed by atoms with Gasteiger partial charge in [0.25, 0.3) is 5.91 Å². The smallest absolute Gasteiger partial charge is 0.325 e. The molecule has 0 aliphatic carbocycles. The molecule has 2 aliphatic heterocycles. The Hall–Kier alpha value is -3.41. The minimum atomic E-state index is -1.13. The van der Waals surface area contributed by atoms with Crippen LogP contribution in [-0.2, 0) is 20.5 Å². The van der Waals surface area contributed by atoms with Crippen molar-refractivity contribution in [1.29, 1.82) is 0 Å². The lowest BCUT2D eigenvalue weighted by atomic mass is 9.83. The van der Waals surface area contributed by atoms with Crippen LogP contribution in [-0.4, -0.2) is 36.2 Å². The number of urea groups is 1. The van der Waals surface area contributed by atoms with Gasteiger partial charge in [-0.3, -0.25) is 14.5 Å². The van der Waals surface area contributed by atoms with E-state index in [1.54, 1.807) is 6.08 Å². The first-order valence-corrected chi connectivity index (χ1v) is 10.5. The number of benzene rings is 2. The van der Waals surface area contributed by atoms with E-state index in [0.29, 0.717) is 6.42 Å². The topological polar surface area (TPSA) is 69.7 Å². The highest BCUT2D eigenvalue weighted by Crippen LogP contribution is 2.46. The Balaban J connectivity index is 1.60. The maximum atomic E-state index is 13.3. The lowest BCUT2D eigenvalue weighted by molar-refractivity contribution is -0.134. The summed E-state index contributed by atoms with van der Waals surface area (Å²) >= 11 is 0. The molecule has 4 rings (SSSR count). The summed E-state index contributed by atoms with van der Waals surface area (Å²) in [5.41, 5.74) is 2.27. The normalized spacial score (nSPS) is 23.3. The molecule has 1 atom stereocenters. The molecule has 160 valence electrons. The maximum absolute atomic E-state index is 13.3. The van der Waals surface area contributed by atoms with Crippen molar-refractivity contribution < 1.29 is 14.4 Å². The third kappa shape index (κ3) is 3.14. The summed E-state index contributed by atoms with van der Waals surface area (Å²) in [6.45, 7) is 5.70. The number of hydrogen-bond acceptors (Lipinski definition) is 4. The van der Waals surface area contributed by atoms with Crippen LogP contribution < -0.4 is 10.2 Å². The molecule has 0 aromatic heterocycles. The van der Waals surface area contributed by atoms with E-state index in [9.17, 15) is 14.4 Å². The van der Waals surface area contributed by atoms with E-state index in [1.165, 1.54) is 0 Å². The van der Waals surface area contributed by atoms with Crippen molar-refractivity contribution in [2.45, 2.75) is 38.1 Å². The number of para-hydroxylation sites is 1. The number of allylic oxidation sites excluding steroid dienone is 1. The molecule has 6 nitrogen and oxygen atoms in total. The van der Waals surface area contributed by atoms with E-state index in [0.717, 1.165) is 27.4 Å². The predicted molar refractivity (Wildman–Crippen MR) is 120 cm³/mol. The molecule has 2 heterocycles. The third-order valence-corrected chi connectivity index (χ3v) is 6.52. The molecule has 0 radical (unpaired) electrons. The van der Waals surface area contributed by atoms with Crippen LogP contribution in [0.25, 0.3) is 0 Å². The zero-order valence-electron chi connectivity index (χ0n) is 18.3. The van der Waals surface area contributed by atoms with Crippen LogP contribution in [0.1, 0.15) is 38.3 Å². The van der Waals surface area contributed by atoms with Crippen molar-refractivity contribution in [3.8, 4) is 0 Å². The molecular formula is C25H27N3O3. The average molecular weight is 418 g/mol. The lowest BCUT2D eigenvalue weighted by Crippen LogP contribution is -2.43. The molecule has 6 heteroatoms. The monoisotopic (exact) mass is 417 g/mol. The Labute approximate surface area is 182 Å². The van der Waals surface area contributed by atoms with Crippen LogP contribution in [0.15, 0.2) is 66.4 Å². The zero-order chi connectivity index (χ0) is 22.4. The molecular weight excluding hydrogens is 390 g/mol. The summed E-state index contributed by atoms with van der Waals surface area (Å²) in [5, 5.41) is 2.83. The van der Waals surface area contributed by atoms with Gasteiger partial charge in [-0.1, -0.05) is 69.3 Å². The van der Waals surface area contributed by atoms with Gasteiger partial charge in [-0.15, -0.1) is 0 Å². The van der Waals surface area contributed by atoms with Crippen LogP contribution in [0, 0.1) is 0 Å². The molecule has 2 aromatic rings. The van der Waals surface area contributed by atoms with Gasteiger partial charge in [-0.05, 0) is 23.6 Å². The molecule has 1 N–H and O–H groups in total. The molecule has 1 fully saturated rings. The van der Waals surface area contributed by atoms with Crippen molar-refractivity contribution >= 4 is 23.4 Å². The summed E-state index contributed by atoms with van der Waals surface area (Å²) in [6.07, 6.45) is 1.97. The summed E-state index contributed by atoms with van der Waals surface area (Å²) < 4.78 is 0. The summed E-state index contributed by atoms with van der Waals surface area (Å²) in [7, 11) is 1.93. The number of rotatable bonds is 5. The number of anilines is 1. The molecule has 2 aliphatic rings. The number of hydrogen-bond donors (Lipinski definition) is 1. The van der Waals surface area contributed by atoms with E-state index in [-0.39, 0.29) is 23.7 Å². The van der Waals surface area contributed by atoms with Crippen LogP contribution >= 0.6 is 0 Å². The highest BCUT2D eigenvalue weighted by molar-refractivity contribution is 6.10. The van der Waals surface area contributed by atoms with Gasteiger partial charge in [-0.2, -0.15) is 0 Å². The third-order valence-electron chi connectivity index (χ3n) is 6.52. The number of fused-ring (bicyclic) bond motifs is 1. The molecule has 0 saturated carbocycles. The standard InChI is InChI=1S/C25H27N3O3/c1-5-25(17-11-7-6-8-12-17)22(30)28(23(31)26-25)16-18(29)15-21-24(2,3)19-13-9-10-14-20(19)27(21)4/h6-15H,5,16H2,1-4H3,(H,26,31)/t25-/m1/s1. The number of ketones is 1. The van der Waals surface area contributed by atoms with E-state index >= 15 is 0 Å². The number of nitrogens with zero attached hydrogens (tertiary/aromatic N) is 2. The molecule has 0 bridgehead atoms. The van der Waals surface area contributed by atoms with Gasteiger partial charge in [0.15, 0.2) is 5.78 Å². The quantitative estimate of drug-likeness (QED) is 0.595. The van der Waals surface area contributed by atoms with Gasteiger partial charge in [0.2, 0.25) is 0 Å². The first kappa shape index (κ1) is 20.8. The number of carbonyl (C=O) groups excluding carboxylic acids is 3. The molecule has 31 heavy (non-hydrogen) atoms. The number of likely N-dealkylation sites (N-methyl/N-ethyl adjacent to an activating group) is 1. The Bertz CT molecular complexity index is 1090. The van der Waals surface area contributed by atoms with E-state index in [4.69, 9.17) is 0 Å². The second kappa shape index (κ2) is 7.38. The summed E-state index contributed by atoms with van der Waals surface area (Å²) in [4.78, 5) is 42.0. The van der Waals surface area contributed by atoms with Crippen LogP contribution in [0.3, 0.4) is 0 Å². The van der Waals surface area contributed by atoms with E-state index < -0.39 is 11.6 Å². The first-order valence-electron chi connectivity index (χ1n) is 10.5. The van der Waals surface area contributed by atoms with Crippen LogP contribution in [0.4, 0.5) is 10.5 Å². The van der Waals surface area contributed by atoms with E-state index in [1.807, 2.05) is 67.4 Å². The van der Waals surface area contributed by atoms with Gasteiger partial charge in [0.1, 0.15) is 5.54 Å². The second-order valence-corrected chi connectivity index (χ2v) is 8.64. The highest BCUT2D eigenvalue weighted by atomic mass is 16.2. The summed E-state index contributed by atoms with van der Waals surface area (Å²) in [5.74, 6) is -0.675. The minimum absolute atomic E-state index is 0.286. The fraction of sp³-hybridized carbons (Fsp3) is 0.320. The first-order chi connectivity index (χ1) is 14.7. The number of nitrogens with one attached hydrogen (secondary N) is 1. The van der Waals surface area contributed by atoms with Crippen molar-refractivity contribution in [2.75, 3.05) is 18.5 Å². The van der Waals surface area contributed by atoms with Gasteiger partial charge in [0, 0.05) is 29.9 Å². The van der Waals surface area contributed by atoms with Gasteiger partial charge in [-0.25, -0.2) is 4.79 Å². The van der Waals surface area contributed by atoms with Crippen LogP contribution in [0.2, 0.25) is 0 Å². The number of amides is 3. The highest BCUT2D eigenvalue weighted by Gasteiger charge is 2.51. The van der Waals surface area contributed by atoms with Gasteiger partial charge >= 0.3 is 6.03 Å². The zero-order valence-corrected chi connectivity index (χ0v) is 18.3. The van der Waals surface area contributed by atoms with Gasteiger partial charge in [0.05, 0.1) is 6.54 Å². The lowest BCUT2D eigenvalue weighted by Gasteiger charge is -2.26. The summed E-state index contributed by atoms with van der Waals surface area (Å²) in [6, 6.07) is 16.7. The Kier molecular flexibility index (Phi) is 4.96. The largest absolute Gasteiger partial charge is 0.347 e. The molecule has 0 spiro atoms. The predicted octanol–water partition coefficient (Wildman–Crippen LogP) is 3.72. The number of carbonyl (C=O) groups is 3. The van der Waals surface area contributed by atoms with E-state index in [2.05, 4.69) is 25.2 Å². The Morgan fingerprint density at radius 1 is 1.03 bits per heavy atom. The SMILES string of the molecule is CC[C@]1(c2ccccc2)NC(=O)N(CC(=O)C=C2N(C)c3ccccc3C2(C)C)C1=O. The molecule has 1 saturated heterocycles. The maximum Gasteiger partial charge on any atom is 0.325 e. The average Bonchev–Trinajstić information content (AvgIpc) is 3.12. The molecule has 0 unspecified atom stereocenters. The van der Waals surface area contributed by atoms with Crippen molar-refractivity contribution in [3.63, 3.8) is 0 Å². The van der Waals surface area contributed by atoms with Gasteiger partial charge < -0.3 is 10.2 Å². The fourth-order valence-corrected chi connectivity index (χ4v) is 4.74. The van der Waals surface area contributed by atoms with Crippen molar-refractivity contribution in [3.05, 3.63) is 77.5 Å². The minimum Gasteiger partial charge on any atom is -0.347 e. The Morgan fingerprint density at radius 3 is 2.32 bits per heavy atom. The van der Waals surface area contributed by atoms with Crippen molar-refractivity contribution in [2.24, 2.45) is 0 Å².